The van der Waals surface area contributed by atoms with E-state index in [1.807, 2.05) is 0 Å². The summed E-state index contributed by atoms with van der Waals surface area (Å²) in [4.78, 5) is 21.6. The third kappa shape index (κ3) is 1.95. The Balaban J connectivity index is 3.23. The fourth-order valence-electron chi connectivity index (χ4n) is 1.65. The third-order valence-corrected chi connectivity index (χ3v) is 2.43. The SMILES string of the molecule is CC1=CC(C(=O)O)(C(F)F)CC(C(=O)O)=C1. The summed E-state index contributed by atoms with van der Waals surface area (Å²) < 4.78 is 25.6. The van der Waals surface area contributed by atoms with Crippen molar-refractivity contribution in [1.82, 2.24) is 0 Å². The molecule has 6 heteroatoms. The molecule has 4 nitrogen and oxygen atoms in total. The highest BCUT2D eigenvalue weighted by Gasteiger charge is 2.48. The number of alkyl halides is 2. The van der Waals surface area contributed by atoms with Crippen LogP contribution in [0.4, 0.5) is 8.78 Å². The maximum atomic E-state index is 12.8. The van der Waals surface area contributed by atoms with E-state index in [1.54, 1.807) is 0 Å². The van der Waals surface area contributed by atoms with Crippen molar-refractivity contribution in [2.45, 2.75) is 19.8 Å². The molecule has 0 aromatic rings. The van der Waals surface area contributed by atoms with Gasteiger partial charge in [0.15, 0.2) is 5.41 Å². The molecule has 0 spiro atoms. The van der Waals surface area contributed by atoms with Crippen LogP contribution >= 0.6 is 0 Å². The number of carboxylic acid groups (broad SMARTS) is 2. The van der Waals surface area contributed by atoms with Gasteiger partial charge in [0.05, 0.1) is 0 Å². The van der Waals surface area contributed by atoms with Crippen molar-refractivity contribution in [2.75, 3.05) is 0 Å². The Hall–Kier alpha value is -1.72. The standard InChI is InChI=1S/C10H10F2O4/c1-5-2-6(7(13)14)4-10(3-5,8(11)12)9(15)16/h2-3,8H,4H2,1H3,(H,13,14)(H,15,16). The minimum absolute atomic E-state index is 0.214. The number of allylic oxidation sites excluding steroid dienone is 2. The van der Waals surface area contributed by atoms with Crippen LogP contribution in [0.2, 0.25) is 0 Å². The lowest BCUT2D eigenvalue weighted by molar-refractivity contribution is -0.154. The molecule has 1 aliphatic rings. The van der Waals surface area contributed by atoms with Crippen LogP contribution in [0.3, 0.4) is 0 Å². The summed E-state index contributed by atoms with van der Waals surface area (Å²) in [6.45, 7) is 1.39. The van der Waals surface area contributed by atoms with Gasteiger partial charge in [-0.3, -0.25) is 4.79 Å². The molecule has 2 N–H and O–H groups in total. The molecule has 88 valence electrons. The summed E-state index contributed by atoms with van der Waals surface area (Å²) in [5.41, 5.74) is -2.53. The summed E-state index contributed by atoms with van der Waals surface area (Å²) in [6, 6.07) is 0. The average molecular weight is 232 g/mol. The molecule has 0 saturated heterocycles. The number of carboxylic acids is 2. The van der Waals surface area contributed by atoms with Gasteiger partial charge in [-0.25, -0.2) is 13.6 Å². The van der Waals surface area contributed by atoms with Crippen LogP contribution in [0, 0.1) is 5.41 Å². The van der Waals surface area contributed by atoms with Crippen LogP contribution in [0.25, 0.3) is 0 Å². The van der Waals surface area contributed by atoms with E-state index >= 15 is 0 Å². The van der Waals surface area contributed by atoms with Crippen molar-refractivity contribution < 1.29 is 28.6 Å². The Kier molecular flexibility index (Phi) is 3.11. The first-order valence-corrected chi connectivity index (χ1v) is 4.44. The van der Waals surface area contributed by atoms with Gasteiger partial charge >= 0.3 is 11.9 Å². The highest BCUT2D eigenvalue weighted by Crippen LogP contribution is 2.39. The predicted molar refractivity (Wildman–Crippen MR) is 50.2 cm³/mol. The lowest BCUT2D eigenvalue weighted by atomic mass is 9.76. The number of aliphatic carboxylic acids is 2. The van der Waals surface area contributed by atoms with Gasteiger partial charge < -0.3 is 10.2 Å². The first-order valence-electron chi connectivity index (χ1n) is 4.44. The molecule has 16 heavy (non-hydrogen) atoms. The van der Waals surface area contributed by atoms with Gasteiger partial charge in [0, 0.05) is 12.0 Å². The van der Waals surface area contributed by atoms with Crippen LogP contribution in [-0.2, 0) is 9.59 Å². The number of halogens is 2. The lowest BCUT2D eigenvalue weighted by Crippen LogP contribution is -2.39. The largest absolute Gasteiger partial charge is 0.480 e. The molecule has 1 unspecified atom stereocenters. The summed E-state index contributed by atoms with van der Waals surface area (Å²) >= 11 is 0. The summed E-state index contributed by atoms with van der Waals surface area (Å²) in [5.74, 6) is -3.09. The fraction of sp³-hybridized carbons (Fsp3) is 0.400. The lowest BCUT2D eigenvalue weighted by Gasteiger charge is -2.28. The van der Waals surface area contributed by atoms with Gasteiger partial charge in [-0.05, 0) is 13.0 Å². The smallest absolute Gasteiger partial charge is 0.331 e. The van der Waals surface area contributed by atoms with Crippen LogP contribution in [0.15, 0.2) is 23.3 Å². The van der Waals surface area contributed by atoms with E-state index in [-0.39, 0.29) is 11.1 Å². The summed E-state index contributed by atoms with van der Waals surface area (Å²) in [6.07, 6.45) is -1.74. The van der Waals surface area contributed by atoms with Gasteiger partial charge in [0.1, 0.15) is 0 Å². The van der Waals surface area contributed by atoms with Crippen LogP contribution in [0.5, 0.6) is 0 Å². The van der Waals surface area contributed by atoms with E-state index in [0.29, 0.717) is 0 Å². The topological polar surface area (TPSA) is 74.6 Å². The molecule has 0 aliphatic heterocycles. The maximum Gasteiger partial charge on any atom is 0.331 e. The first kappa shape index (κ1) is 12.4. The molecule has 0 aromatic carbocycles. The van der Waals surface area contributed by atoms with Gasteiger partial charge in [-0.2, -0.15) is 0 Å². The van der Waals surface area contributed by atoms with E-state index in [1.165, 1.54) is 13.0 Å². The van der Waals surface area contributed by atoms with E-state index in [9.17, 15) is 18.4 Å². The Labute approximate surface area is 89.9 Å². The highest BCUT2D eigenvalue weighted by molar-refractivity contribution is 5.90. The van der Waals surface area contributed by atoms with Crippen LogP contribution in [0.1, 0.15) is 13.3 Å². The molecule has 1 rings (SSSR count). The molecule has 1 aliphatic carbocycles. The number of hydrogen-bond donors (Lipinski definition) is 2. The van der Waals surface area contributed by atoms with Gasteiger partial charge in [-0.15, -0.1) is 0 Å². The van der Waals surface area contributed by atoms with Gasteiger partial charge in [0.25, 0.3) is 6.43 Å². The normalized spacial score (nSPS) is 25.0. The van der Waals surface area contributed by atoms with Crippen LogP contribution < -0.4 is 0 Å². The Morgan fingerprint density at radius 2 is 2.00 bits per heavy atom. The minimum Gasteiger partial charge on any atom is -0.480 e. The first-order chi connectivity index (χ1) is 7.29. The van der Waals surface area contributed by atoms with Crippen LogP contribution in [-0.4, -0.2) is 28.6 Å². The minimum atomic E-state index is -3.15. The molecular formula is C10H10F2O4. The van der Waals surface area contributed by atoms with Crippen molar-refractivity contribution in [2.24, 2.45) is 5.41 Å². The molecule has 0 heterocycles. The zero-order chi connectivity index (χ0) is 12.5. The summed E-state index contributed by atoms with van der Waals surface area (Å²) in [5, 5.41) is 17.6. The zero-order valence-corrected chi connectivity index (χ0v) is 8.41. The van der Waals surface area contributed by atoms with Crippen molar-refractivity contribution in [3.63, 3.8) is 0 Å². The second kappa shape index (κ2) is 4.03. The molecule has 0 fully saturated rings. The van der Waals surface area contributed by atoms with E-state index in [0.717, 1.165) is 6.08 Å². The zero-order valence-electron chi connectivity index (χ0n) is 8.41. The molecule has 0 radical (unpaired) electrons. The third-order valence-electron chi connectivity index (χ3n) is 2.43. The molecule has 0 bridgehead atoms. The molecule has 1 atom stereocenters. The quantitative estimate of drug-likeness (QED) is 0.776. The van der Waals surface area contributed by atoms with E-state index in [4.69, 9.17) is 10.2 Å². The van der Waals surface area contributed by atoms with Crippen molar-refractivity contribution >= 4 is 11.9 Å². The number of carbonyl (C=O) groups is 2. The Morgan fingerprint density at radius 3 is 2.38 bits per heavy atom. The molecule has 0 aromatic heterocycles. The van der Waals surface area contributed by atoms with Crippen molar-refractivity contribution in [1.29, 1.82) is 0 Å². The van der Waals surface area contributed by atoms with Crippen molar-refractivity contribution in [3.8, 4) is 0 Å². The average Bonchev–Trinajstić information content (AvgIpc) is 2.15. The molecular weight excluding hydrogens is 222 g/mol. The maximum absolute atomic E-state index is 12.8. The second-order valence-corrected chi connectivity index (χ2v) is 3.69. The number of hydrogen-bond acceptors (Lipinski definition) is 2. The molecule has 0 amide bonds. The monoisotopic (exact) mass is 232 g/mol. The molecule has 0 saturated carbocycles. The Morgan fingerprint density at radius 1 is 1.44 bits per heavy atom. The van der Waals surface area contributed by atoms with E-state index < -0.39 is 30.2 Å². The second-order valence-electron chi connectivity index (χ2n) is 3.69. The van der Waals surface area contributed by atoms with Gasteiger partial charge in [-0.1, -0.05) is 11.6 Å². The highest BCUT2D eigenvalue weighted by atomic mass is 19.3. The predicted octanol–water partition coefficient (Wildman–Crippen LogP) is 1.68. The fourth-order valence-corrected chi connectivity index (χ4v) is 1.65. The van der Waals surface area contributed by atoms with E-state index in [2.05, 4.69) is 0 Å². The number of rotatable bonds is 3. The summed E-state index contributed by atoms with van der Waals surface area (Å²) in [7, 11) is 0. The Bertz CT molecular complexity index is 398. The van der Waals surface area contributed by atoms with Gasteiger partial charge in [0.2, 0.25) is 0 Å². The van der Waals surface area contributed by atoms with Crippen molar-refractivity contribution in [3.05, 3.63) is 23.3 Å².